The fourth-order valence-electron chi connectivity index (χ4n) is 3.92. The third-order valence-corrected chi connectivity index (χ3v) is 5.41. The molecular formula is C25H31N3O3. The van der Waals surface area contributed by atoms with Crippen molar-refractivity contribution in [3.05, 3.63) is 69.1 Å². The topological polar surface area (TPSA) is 57.8 Å². The highest BCUT2D eigenvalue weighted by molar-refractivity contribution is 5.64. The molecule has 0 N–H and O–H groups in total. The number of nitrogens with zero attached hydrogens (tertiary/aromatic N) is 3. The summed E-state index contributed by atoms with van der Waals surface area (Å²) in [7, 11) is 4.98. The maximum Gasteiger partial charge on any atom is 0.329 e. The molecule has 0 spiro atoms. The summed E-state index contributed by atoms with van der Waals surface area (Å²) < 4.78 is 14.2. The standard InChI is InChI=1S/C25H31N3O3/c1-8-11-28-20(19-9-10-21(30-6)22(14-19)31-7)15-23(27(5)25(28)29)26-24-17(3)12-16(2)13-18(24)4/h9-10,12-15H,8,11H2,1-7H3/b26-23-. The highest BCUT2D eigenvalue weighted by Crippen LogP contribution is 2.32. The van der Waals surface area contributed by atoms with Gasteiger partial charge in [0.2, 0.25) is 0 Å². The third-order valence-electron chi connectivity index (χ3n) is 5.41. The lowest BCUT2D eigenvalue weighted by Crippen LogP contribution is -2.39. The molecule has 0 radical (unpaired) electrons. The molecule has 1 aromatic heterocycles. The minimum atomic E-state index is -0.102. The normalized spacial score (nSPS) is 11.6. The van der Waals surface area contributed by atoms with Crippen LogP contribution in [-0.4, -0.2) is 23.4 Å². The van der Waals surface area contributed by atoms with Crippen molar-refractivity contribution in [1.29, 1.82) is 0 Å². The van der Waals surface area contributed by atoms with Gasteiger partial charge < -0.3 is 9.47 Å². The molecular weight excluding hydrogens is 390 g/mol. The van der Waals surface area contributed by atoms with Crippen molar-refractivity contribution in [1.82, 2.24) is 9.13 Å². The Hall–Kier alpha value is -3.28. The van der Waals surface area contributed by atoms with E-state index in [4.69, 9.17) is 14.5 Å². The number of hydrogen-bond acceptors (Lipinski definition) is 4. The van der Waals surface area contributed by atoms with Gasteiger partial charge in [0, 0.05) is 25.2 Å². The van der Waals surface area contributed by atoms with Crippen LogP contribution in [-0.2, 0) is 13.6 Å². The number of hydrogen-bond donors (Lipinski definition) is 0. The van der Waals surface area contributed by atoms with Crippen LogP contribution in [0.25, 0.3) is 11.3 Å². The Morgan fingerprint density at radius 2 is 1.58 bits per heavy atom. The van der Waals surface area contributed by atoms with Crippen molar-refractivity contribution in [3.8, 4) is 22.8 Å². The highest BCUT2D eigenvalue weighted by atomic mass is 16.5. The Kier molecular flexibility index (Phi) is 6.68. The van der Waals surface area contributed by atoms with Crippen LogP contribution in [0.3, 0.4) is 0 Å². The minimum absolute atomic E-state index is 0.102. The zero-order chi connectivity index (χ0) is 22.7. The first-order valence-electron chi connectivity index (χ1n) is 10.5. The SMILES string of the molecule is CCCn1c(-c2ccc(OC)c(OC)c2)c/c(=N/c2c(C)cc(C)cc2C)n(C)c1=O. The summed E-state index contributed by atoms with van der Waals surface area (Å²) in [5.74, 6) is 1.26. The second-order valence-electron chi connectivity index (χ2n) is 7.81. The van der Waals surface area contributed by atoms with E-state index in [1.165, 1.54) is 5.56 Å². The largest absolute Gasteiger partial charge is 0.493 e. The molecule has 0 fully saturated rings. The number of aryl methyl sites for hydroxylation is 3. The van der Waals surface area contributed by atoms with E-state index in [1.807, 2.05) is 38.1 Å². The molecule has 0 saturated heterocycles. The summed E-state index contributed by atoms with van der Waals surface area (Å²) in [6.45, 7) is 8.84. The van der Waals surface area contributed by atoms with Crippen LogP contribution < -0.4 is 20.7 Å². The summed E-state index contributed by atoms with van der Waals surface area (Å²) in [5.41, 5.74) is 6.44. The molecule has 0 unspecified atom stereocenters. The summed E-state index contributed by atoms with van der Waals surface area (Å²) in [6, 6.07) is 11.9. The van der Waals surface area contributed by atoms with Gasteiger partial charge in [-0.3, -0.25) is 9.13 Å². The predicted molar refractivity (Wildman–Crippen MR) is 124 cm³/mol. The zero-order valence-electron chi connectivity index (χ0n) is 19.4. The average molecular weight is 422 g/mol. The molecule has 6 nitrogen and oxygen atoms in total. The predicted octanol–water partition coefficient (Wildman–Crippen LogP) is 4.44. The lowest BCUT2D eigenvalue weighted by molar-refractivity contribution is 0.355. The van der Waals surface area contributed by atoms with Crippen LogP contribution in [0.2, 0.25) is 0 Å². The maximum absolute atomic E-state index is 13.3. The third kappa shape index (κ3) is 4.43. The summed E-state index contributed by atoms with van der Waals surface area (Å²) >= 11 is 0. The molecule has 3 rings (SSSR count). The van der Waals surface area contributed by atoms with Crippen molar-refractivity contribution >= 4 is 5.69 Å². The second kappa shape index (κ2) is 9.25. The van der Waals surface area contributed by atoms with Gasteiger partial charge in [0.15, 0.2) is 11.5 Å². The van der Waals surface area contributed by atoms with Crippen LogP contribution in [0, 0.1) is 20.8 Å². The molecule has 31 heavy (non-hydrogen) atoms. The van der Waals surface area contributed by atoms with E-state index < -0.39 is 0 Å². The first-order chi connectivity index (χ1) is 14.8. The maximum atomic E-state index is 13.3. The van der Waals surface area contributed by atoms with Crippen LogP contribution in [0.4, 0.5) is 5.69 Å². The monoisotopic (exact) mass is 421 g/mol. The van der Waals surface area contributed by atoms with E-state index in [0.717, 1.165) is 34.5 Å². The lowest BCUT2D eigenvalue weighted by Gasteiger charge is -2.16. The molecule has 1 heterocycles. The van der Waals surface area contributed by atoms with Gasteiger partial charge in [0.25, 0.3) is 0 Å². The molecule has 0 aliphatic rings. The molecule has 0 bridgehead atoms. The first kappa shape index (κ1) is 22.4. The van der Waals surface area contributed by atoms with Crippen LogP contribution >= 0.6 is 0 Å². The highest BCUT2D eigenvalue weighted by Gasteiger charge is 2.13. The van der Waals surface area contributed by atoms with Gasteiger partial charge in [-0.15, -0.1) is 0 Å². The number of benzene rings is 2. The van der Waals surface area contributed by atoms with Gasteiger partial charge in [-0.2, -0.15) is 0 Å². The minimum Gasteiger partial charge on any atom is -0.493 e. The Balaban J connectivity index is 2.33. The van der Waals surface area contributed by atoms with Gasteiger partial charge in [-0.1, -0.05) is 24.6 Å². The van der Waals surface area contributed by atoms with E-state index in [-0.39, 0.29) is 5.69 Å². The Bertz CT molecular complexity index is 1210. The van der Waals surface area contributed by atoms with Crippen molar-refractivity contribution in [2.45, 2.75) is 40.7 Å². The van der Waals surface area contributed by atoms with E-state index >= 15 is 0 Å². The first-order valence-corrected chi connectivity index (χ1v) is 10.5. The smallest absolute Gasteiger partial charge is 0.329 e. The van der Waals surface area contributed by atoms with E-state index in [9.17, 15) is 4.79 Å². The van der Waals surface area contributed by atoms with Crippen molar-refractivity contribution in [2.75, 3.05) is 14.2 Å². The van der Waals surface area contributed by atoms with Crippen molar-refractivity contribution in [2.24, 2.45) is 12.0 Å². The van der Waals surface area contributed by atoms with Gasteiger partial charge >= 0.3 is 5.69 Å². The molecule has 0 amide bonds. The van der Waals surface area contributed by atoms with Gasteiger partial charge in [-0.05, 0) is 56.5 Å². The second-order valence-corrected chi connectivity index (χ2v) is 7.81. The molecule has 164 valence electrons. The molecule has 2 aromatic carbocycles. The number of methoxy groups -OCH3 is 2. The van der Waals surface area contributed by atoms with Crippen molar-refractivity contribution in [3.63, 3.8) is 0 Å². The average Bonchev–Trinajstić information content (AvgIpc) is 2.74. The molecule has 3 aromatic rings. The van der Waals surface area contributed by atoms with E-state index in [2.05, 4.69) is 26.0 Å². The van der Waals surface area contributed by atoms with Crippen LogP contribution in [0.1, 0.15) is 30.0 Å². The van der Waals surface area contributed by atoms with Gasteiger partial charge in [0.05, 0.1) is 25.6 Å². The molecule has 0 atom stereocenters. The van der Waals surface area contributed by atoms with Crippen LogP contribution in [0.15, 0.2) is 46.2 Å². The number of ether oxygens (including phenoxy) is 2. The molecule has 0 aliphatic carbocycles. The van der Waals surface area contributed by atoms with Gasteiger partial charge in [-0.25, -0.2) is 9.79 Å². The summed E-state index contributed by atoms with van der Waals surface area (Å²) in [6.07, 6.45) is 0.840. The van der Waals surface area contributed by atoms with E-state index in [0.29, 0.717) is 23.5 Å². The fourth-order valence-corrected chi connectivity index (χ4v) is 3.92. The fraction of sp³-hybridized carbons (Fsp3) is 0.360. The lowest BCUT2D eigenvalue weighted by atomic mass is 10.1. The van der Waals surface area contributed by atoms with Gasteiger partial charge in [0.1, 0.15) is 5.49 Å². The Morgan fingerprint density at radius 3 is 2.16 bits per heavy atom. The molecule has 0 aliphatic heterocycles. The van der Waals surface area contributed by atoms with E-state index in [1.54, 1.807) is 30.4 Å². The Labute approximate surface area is 183 Å². The zero-order valence-corrected chi connectivity index (χ0v) is 19.4. The van der Waals surface area contributed by atoms with Crippen molar-refractivity contribution < 1.29 is 9.47 Å². The van der Waals surface area contributed by atoms with Crippen LogP contribution in [0.5, 0.6) is 11.5 Å². The summed E-state index contributed by atoms with van der Waals surface area (Å²) in [5, 5.41) is 0. The summed E-state index contributed by atoms with van der Waals surface area (Å²) in [4.78, 5) is 18.2. The Morgan fingerprint density at radius 1 is 0.935 bits per heavy atom. The molecule has 6 heteroatoms. The number of rotatable bonds is 6. The number of aromatic nitrogens is 2. The molecule has 0 saturated carbocycles. The quantitative estimate of drug-likeness (QED) is 0.591.